The van der Waals surface area contributed by atoms with Crippen molar-refractivity contribution in [2.75, 3.05) is 18.2 Å². The van der Waals surface area contributed by atoms with Crippen LogP contribution in [-0.2, 0) is 16.1 Å². The van der Waals surface area contributed by atoms with E-state index in [9.17, 15) is 31.9 Å². The predicted molar refractivity (Wildman–Crippen MR) is 157 cm³/mol. The number of hydrogen-bond donors (Lipinski definition) is 2. The summed E-state index contributed by atoms with van der Waals surface area (Å²) in [6.45, 7) is 1.88. The number of aliphatic hydroxyl groups is 1. The molecular weight excluding hydrogens is 617 g/mol. The molecule has 1 fully saturated rings. The van der Waals surface area contributed by atoms with Gasteiger partial charge in [0, 0.05) is 27.8 Å². The molecule has 0 saturated carbocycles. The number of para-hydroxylation sites is 1. The number of carbonyl (C=O) groups is 1. The summed E-state index contributed by atoms with van der Waals surface area (Å²) < 4.78 is 87.7. The first-order valence-electron chi connectivity index (χ1n) is 13.8. The third-order valence-electron chi connectivity index (χ3n) is 7.45. The Hall–Kier alpha value is -3.97. The minimum atomic E-state index is -2.36. The first kappa shape index (κ1) is 32.4. The third kappa shape index (κ3) is 6.84. The number of amides is 1. The monoisotopic (exact) mass is 645 g/mol. The molecule has 0 aliphatic carbocycles. The highest BCUT2D eigenvalue weighted by molar-refractivity contribution is 7.99. The highest BCUT2D eigenvalue weighted by Crippen LogP contribution is 2.44. The van der Waals surface area contributed by atoms with Gasteiger partial charge in [0.05, 0.1) is 25.9 Å². The zero-order valence-corrected chi connectivity index (χ0v) is 24.8. The smallest absolute Gasteiger partial charge is 0.261 e. The van der Waals surface area contributed by atoms with Gasteiger partial charge in [0.1, 0.15) is 11.3 Å². The van der Waals surface area contributed by atoms with E-state index in [1.807, 2.05) is 43.3 Å². The van der Waals surface area contributed by atoms with E-state index >= 15 is 0 Å². The lowest BCUT2D eigenvalue weighted by atomic mass is 9.91. The Kier molecular flexibility index (Phi) is 10.1. The Balaban J connectivity index is 1.42. The molecule has 0 bridgehead atoms. The number of thioether (sulfide) groups is 1. The number of rotatable bonds is 9. The molecule has 1 saturated heterocycles. The summed E-state index contributed by atoms with van der Waals surface area (Å²) >= 11 is 1.54. The number of benzene rings is 4. The van der Waals surface area contributed by atoms with Crippen molar-refractivity contribution in [2.45, 2.75) is 36.9 Å². The number of hydrogen-bond acceptors (Lipinski definition) is 6. The Bertz CT molecular complexity index is 1660. The van der Waals surface area contributed by atoms with Crippen molar-refractivity contribution in [3.8, 4) is 5.75 Å². The van der Waals surface area contributed by atoms with Gasteiger partial charge in [0.2, 0.25) is 5.82 Å². The van der Waals surface area contributed by atoms with Gasteiger partial charge in [0.25, 0.3) is 5.91 Å². The van der Waals surface area contributed by atoms with Crippen LogP contribution in [0, 0.1) is 35.0 Å². The Morgan fingerprint density at radius 3 is 2.20 bits per heavy atom. The number of aliphatic hydroxyl groups excluding tert-OH is 1. The van der Waals surface area contributed by atoms with Crippen LogP contribution in [0.1, 0.15) is 46.4 Å². The average Bonchev–Trinajstić information content (AvgIpc) is 3.06. The van der Waals surface area contributed by atoms with Gasteiger partial charge in [-0.2, -0.15) is 0 Å². The van der Waals surface area contributed by atoms with Gasteiger partial charge >= 0.3 is 0 Å². The van der Waals surface area contributed by atoms with Crippen molar-refractivity contribution in [2.24, 2.45) is 5.92 Å². The summed E-state index contributed by atoms with van der Waals surface area (Å²) in [6.07, 6.45) is -1.77. The summed E-state index contributed by atoms with van der Waals surface area (Å²) in [4.78, 5) is 13.6. The lowest BCUT2D eigenvalue weighted by molar-refractivity contribution is -0.268. The quantitative estimate of drug-likeness (QED) is 0.0841. The molecule has 6 nitrogen and oxygen atoms in total. The van der Waals surface area contributed by atoms with Crippen molar-refractivity contribution in [1.82, 2.24) is 0 Å². The lowest BCUT2D eigenvalue weighted by Gasteiger charge is -2.41. The largest absolute Gasteiger partial charge is 0.496 e. The second-order valence-electron chi connectivity index (χ2n) is 10.3. The van der Waals surface area contributed by atoms with Crippen LogP contribution in [0.5, 0.6) is 5.75 Å². The Morgan fingerprint density at radius 1 is 0.867 bits per heavy atom. The number of ether oxygens (including phenoxy) is 3. The van der Waals surface area contributed by atoms with Crippen LogP contribution >= 0.6 is 11.8 Å². The summed E-state index contributed by atoms with van der Waals surface area (Å²) in [6, 6.07) is 20.9. The molecule has 0 spiro atoms. The van der Waals surface area contributed by atoms with Gasteiger partial charge in [-0.05, 0) is 35.4 Å². The maximum absolute atomic E-state index is 14.3. The van der Waals surface area contributed by atoms with E-state index in [1.165, 1.54) is 18.2 Å². The molecule has 4 atom stereocenters. The molecule has 1 heterocycles. The number of halogens is 5. The van der Waals surface area contributed by atoms with Crippen molar-refractivity contribution >= 4 is 23.4 Å². The van der Waals surface area contributed by atoms with Crippen LogP contribution in [0.4, 0.5) is 27.6 Å². The molecule has 236 valence electrons. The van der Waals surface area contributed by atoms with Crippen LogP contribution < -0.4 is 10.1 Å². The minimum absolute atomic E-state index is 0.0102. The van der Waals surface area contributed by atoms with E-state index in [4.69, 9.17) is 14.2 Å². The topological polar surface area (TPSA) is 77.0 Å². The molecule has 4 aromatic carbocycles. The Morgan fingerprint density at radius 2 is 1.53 bits per heavy atom. The molecule has 4 unspecified atom stereocenters. The van der Waals surface area contributed by atoms with Gasteiger partial charge in [-0.1, -0.05) is 55.5 Å². The zero-order valence-electron chi connectivity index (χ0n) is 24.0. The highest BCUT2D eigenvalue weighted by Gasteiger charge is 2.38. The molecule has 0 radical (unpaired) electrons. The van der Waals surface area contributed by atoms with Gasteiger partial charge < -0.3 is 24.6 Å². The predicted octanol–water partition coefficient (Wildman–Crippen LogP) is 7.72. The molecule has 4 aromatic rings. The third-order valence-corrected chi connectivity index (χ3v) is 8.59. The van der Waals surface area contributed by atoms with Crippen LogP contribution in [0.25, 0.3) is 0 Å². The second kappa shape index (κ2) is 14.0. The number of anilines is 1. The number of carbonyl (C=O) groups excluding carboxylic acids is 1. The SMILES string of the molecule is COc1ccccc1SCC1OC(c2cccc(NC(=O)c3c(F)c(F)c(F)c(F)c3F)c2)OC(c2ccc(CO)cc2)C1C. The molecule has 5 rings (SSSR count). The summed E-state index contributed by atoms with van der Waals surface area (Å²) in [5.41, 5.74) is 0.416. The molecular formula is C33H28F5NO5S. The van der Waals surface area contributed by atoms with Crippen LogP contribution in [0.15, 0.2) is 77.7 Å². The molecule has 1 aliphatic rings. The molecule has 1 aliphatic heterocycles. The van der Waals surface area contributed by atoms with E-state index in [0.29, 0.717) is 17.1 Å². The normalized spacial score (nSPS) is 19.7. The maximum Gasteiger partial charge on any atom is 0.261 e. The van der Waals surface area contributed by atoms with Crippen LogP contribution in [0.3, 0.4) is 0 Å². The van der Waals surface area contributed by atoms with Crippen molar-refractivity contribution < 1.29 is 46.1 Å². The average molecular weight is 646 g/mol. The lowest BCUT2D eigenvalue weighted by Crippen LogP contribution is -2.38. The molecule has 0 aromatic heterocycles. The molecule has 2 N–H and O–H groups in total. The summed E-state index contributed by atoms with van der Waals surface area (Å²) in [5, 5.41) is 11.7. The number of nitrogens with one attached hydrogen (secondary N) is 1. The van der Waals surface area contributed by atoms with Crippen LogP contribution in [0.2, 0.25) is 0 Å². The van der Waals surface area contributed by atoms with E-state index in [-0.39, 0.29) is 24.3 Å². The summed E-state index contributed by atoms with van der Waals surface area (Å²) in [5.74, 6) is -11.7. The van der Waals surface area contributed by atoms with Crippen molar-refractivity contribution in [3.63, 3.8) is 0 Å². The van der Waals surface area contributed by atoms with Gasteiger partial charge in [-0.15, -0.1) is 11.8 Å². The van der Waals surface area contributed by atoms with Crippen LogP contribution in [-0.4, -0.2) is 30.0 Å². The first-order chi connectivity index (χ1) is 21.6. The first-order valence-corrected chi connectivity index (χ1v) is 14.8. The van der Waals surface area contributed by atoms with Gasteiger partial charge in [-0.25, -0.2) is 22.0 Å². The van der Waals surface area contributed by atoms with Crippen molar-refractivity contribution in [3.05, 3.63) is 124 Å². The fraction of sp³-hybridized carbons (Fsp3) is 0.242. The fourth-order valence-corrected chi connectivity index (χ4v) is 6.18. The van der Waals surface area contributed by atoms with Gasteiger partial charge in [-0.3, -0.25) is 4.79 Å². The molecule has 12 heteroatoms. The molecule has 45 heavy (non-hydrogen) atoms. The van der Waals surface area contributed by atoms with Crippen molar-refractivity contribution in [1.29, 1.82) is 0 Å². The van der Waals surface area contributed by atoms with Gasteiger partial charge in [0.15, 0.2) is 29.6 Å². The summed E-state index contributed by atoms with van der Waals surface area (Å²) in [7, 11) is 1.59. The van der Waals surface area contributed by atoms with E-state index in [0.717, 1.165) is 16.0 Å². The molecule has 1 amide bonds. The zero-order chi connectivity index (χ0) is 32.2. The number of methoxy groups -OCH3 is 1. The maximum atomic E-state index is 14.3. The van der Waals surface area contributed by atoms with E-state index in [1.54, 1.807) is 37.1 Å². The Labute approximate surface area is 260 Å². The fourth-order valence-electron chi connectivity index (χ4n) is 4.98. The standard InChI is InChI=1S/C33H28F5NO5S/c1-17-23(16-45-24-9-4-3-8-22(24)42-2)43-33(44-31(17)19-12-10-18(15-40)11-13-19)20-6-5-7-21(14-20)39-32(41)25-26(34)28(36)30(38)29(37)27(25)35/h3-14,17,23,31,33,40H,15-16H2,1-2H3,(H,39,41). The minimum Gasteiger partial charge on any atom is -0.496 e. The second-order valence-corrected chi connectivity index (χ2v) is 11.4. The van der Waals surface area contributed by atoms with E-state index in [2.05, 4.69) is 5.32 Å². The van der Waals surface area contributed by atoms with E-state index < -0.39 is 53.0 Å². The highest BCUT2D eigenvalue weighted by atomic mass is 32.2.